The molecule has 0 spiro atoms. The standard InChI is InChI=1S/C13H22O3/c14-10-7-5-9(6-8-10)13(16)11-3-1-2-4-12(11)15/h9-12,14-15H,1-8H2. The summed E-state index contributed by atoms with van der Waals surface area (Å²) in [4.78, 5) is 12.2. The van der Waals surface area contributed by atoms with Crippen molar-refractivity contribution in [2.45, 2.75) is 63.6 Å². The minimum atomic E-state index is -0.409. The first kappa shape index (κ1) is 12.1. The van der Waals surface area contributed by atoms with E-state index >= 15 is 0 Å². The van der Waals surface area contributed by atoms with Gasteiger partial charge >= 0.3 is 0 Å². The van der Waals surface area contributed by atoms with E-state index in [0.717, 1.165) is 51.4 Å². The third-order valence-corrected chi connectivity index (χ3v) is 4.19. The molecule has 0 radical (unpaired) electrons. The van der Waals surface area contributed by atoms with E-state index in [4.69, 9.17) is 0 Å². The van der Waals surface area contributed by atoms with E-state index in [1.54, 1.807) is 0 Å². The van der Waals surface area contributed by atoms with Crippen molar-refractivity contribution in [1.29, 1.82) is 0 Å². The highest BCUT2D eigenvalue weighted by molar-refractivity contribution is 5.84. The smallest absolute Gasteiger partial charge is 0.141 e. The number of aliphatic hydroxyl groups excluding tert-OH is 2. The fraction of sp³-hybridized carbons (Fsp3) is 0.923. The molecule has 2 fully saturated rings. The van der Waals surface area contributed by atoms with E-state index in [1.165, 1.54) is 0 Å². The highest BCUT2D eigenvalue weighted by Gasteiger charge is 2.35. The van der Waals surface area contributed by atoms with Crippen LogP contribution in [-0.4, -0.2) is 28.2 Å². The van der Waals surface area contributed by atoms with Gasteiger partial charge in [0.15, 0.2) is 0 Å². The van der Waals surface area contributed by atoms with Crippen molar-refractivity contribution >= 4 is 5.78 Å². The van der Waals surface area contributed by atoms with Crippen LogP contribution in [0.4, 0.5) is 0 Å². The summed E-state index contributed by atoms with van der Waals surface area (Å²) in [6.07, 6.45) is 6.26. The number of rotatable bonds is 2. The zero-order valence-corrected chi connectivity index (χ0v) is 9.77. The molecular formula is C13H22O3. The van der Waals surface area contributed by atoms with Crippen LogP contribution in [0.15, 0.2) is 0 Å². The van der Waals surface area contributed by atoms with Crippen molar-refractivity contribution in [3.63, 3.8) is 0 Å². The fourth-order valence-electron chi connectivity index (χ4n) is 3.11. The molecule has 0 aromatic rings. The predicted octanol–water partition coefficient (Wildman–Crippen LogP) is 1.66. The summed E-state index contributed by atoms with van der Waals surface area (Å²) in [5, 5.41) is 19.3. The number of carbonyl (C=O) groups excluding carboxylic acids is 1. The Morgan fingerprint density at radius 1 is 0.875 bits per heavy atom. The maximum atomic E-state index is 12.2. The Hall–Kier alpha value is -0.410. The summed E-state index contributed by atoms with van der Waals surface area (Å²) >= 11 is 0. The first-order valence-corrected chi connectivity index (χ1v) is 6.58. The monoisotopic (exact) mass is 226 g/mol. The predicted molar refractivity (Wildman–Crippen MR) is 60.9 cm³/mol. The van der Waals surface area contributed by atoms with Crippen LogP contribution in [0.1, 0.15) is 51.4 Å². The van der Waals surface area contributed by atoms with E-state index in [9.17, 15) is 15.0 Å². The van der Waals surface area contributed by atoms with Crippen molar-refractivity contribution in [2.24, 2.45) is 11.8 Å². The topological polar surface area (TPSA) is 57.5 Å². The van der Waals surface area contributed by atoms with Crippen molar-refractivity contribution in [1.82, 2.24) is 0 Å². The Balaban J connectivity index is 1.90. The summed E-state index contributed by atoms with van der Waals surface area (Å²) < 4.78 is 0. The van der Waals surface area contributed by atoms with Gasteiger partial charge in [-0.1, -0.05) is 12.8 Å². The summed E-state index contributed by atoms with van der Waals surface area (Å²) in [6, 6.07) is 0. The van der Waals surface area contributed by atoms with Gasteiger partial charge in [-0.25, -0.2) is 0 Å². The normalized spacial score (nSPS) is 40.6. The number of Topliss-reactive ketones (excluding diaryl/α,β-unsaturated/α-hetero) is 1. The lowest BCUT2D eigenvalue weighted by Gasteiger charge is -2.32. The number of aliphatic hydroxyl groups is 2. The van der Waals surface area contributed by atoms with E-state index in [0.29, 0.717) is 0 Å². The molecule has 0 aliphatic heterocycles. The van der Waals surface area contributed by atoms with Gasteiger partial charge in [-0.05, 0) is 38.5 Å². The zero-order chi connectivity index (χ0) is 11.5. The van der Waals surface area contributed by atoms with Crippen molar-refractivity contribution < 1.29 is 15.0 Å². The number of carbonyl (C=O) groups is 1. The molecule has 2 aliphatic carbocycles. The molecule has 0 aromatic heterocycles. The lowest BCUT2D eigenvalue weighted by molar-refractivity contribution is -0.133. The van der Waals surface area contributed by atoms with Gasteiger partial charge in [-0.3, -0.25) is 4.79 Å². The average Bonchev–Trinajstić information content (AvgIpc) is 2.30. The van der Waals surface area contributed by atoms with Crippen LogP contribution in [0.5, 0.6) is 0 Å². The van der Waals surface area contributed by atoms with Gasteiger partial charge in [-0.2, -0.15) is 0 Å². The minimum Gasteiger partial charge on any atom is -0.393 e. The second-order valence-corrected chi connectivity index (χ2v) is 5.37. The van der Waals surface area contributed by atoms with Gasteiger partial charge in [0, 0.05) is 11.8 Å². The highest BCUT2D eigenvalue weighted by atomic mass is 16.3. The van der Waals surface area contributed by atoms with Crippen LogP contribution >= 0.6 is 0 Å². The second kappa shape index (κ2) is 5.28. The van der Waals surface area contributed by atoms with E-state index in [-0.39, 0.29) is 23.7 Å². The molecule has 2 N–H and O–H groups in total. The van der Waals surface area contributed by atoms with Gasteiger partial charge < -0.3 is 10.2 Å². The van der Waals surface area contributed by atoms with Crippen LogP contribution in [0.2, 0.25) is 0 Å². The minimum absolute atomic E-state index is 0.0983. The van der Waals surface area contributed by atoms with Crippen LogP contribution in [-0.2, 0) is 4.79 Å². The van der Waals surface area contributed by atoms with Crippen LogP contribution < -0.4 is 0 Å². The van der Waals surface area contributed by atoms with Crippen LogP contribution in [0.3, 0.4) is 0 Å². The maximum Gasteiger partial charge on any atom is 0.141 e. The molecule has 0 saturated heterocycles. The molecule has 2 rings (SSSR count). The number of ketones is 1. The molecule has 16 heavy (non-hydrogen) atoms. The quantitative estimate of drug-likeness (QED) is 0.753. The average molecular weight is 226 g/mol. The van der Waals surface area contributed by atoms with Crippen molar-refractivity contribution in [2.75, 3.05) is 0 Å². The molecular weight excluding hydrogens is 204 g/mol. The summed E-state index contributed by atoms with van der Waals surface area (Å²) in [6.45, 7) is 0. The largest absolute Gasteiger partial charge is 0.393 e. The highest BCUT2D eigenvalue weighted by Crippen LogP contribution is 2.32. The summed E-state index contributed by atoms with van der Waals surface area (Å²) in [5.41, 5.74) is 0. The summed E-state index contributed by atoms with van der Waals surface area (Å²) in [7, 11) is 0. The summed E-state index contributed by atoms with van der Waals surface area (Å²) in [5.74, 6) is 0.245. The molecule has 3 nitrogen and oxygen atoms in total. The molecule has 0 bridgehead atoms. The first-order chi connectivity index (χ1) is 7.68. The van der Waals surface area contributed by atoms with Gasteiger partial charge in [0.1, 0.15) is 5.78 Å². The van der Waals surface area contributed by atoms with E-state index < -0.39 is 6.10 Å². The van der Waals surface area contributed by atoms with Crippen molar-refractivity contribution in [3.05, 3.63) is 0 Å². The molecule has 0 aromatic carbocycles. The molecule has 3 heteroatoms. The Bertz CT molecular complexity index is 244. The molecule has 0 amide bonds. The number of hydrogen-bond acceptors (Lipinski definition) is 3. The molecule has 2 unspecified atom stereocenters. The molecule has 2 atom stereocenters. The Morgan fingerprint density at radius 3 is 2.12 bits per heavy atom. The molecule has 2 aliphatic rings. The van der Waals surface area contributed by atoms with Gasteiger partial charge in [0.05, 0.1) is 12.2 Å². The third kappa shape index (κ3) is 2.64. The third-order valence-electron chi connectivity index (χ3n) is 4.19. The van der Waals surface area contributed by atoms with E-state index in [2.05, 4.69) is 0 Å². The fourth-order valence-corrected chi connectivity index (χ4v) is 3.11. The molecule has 0 heterocycles. The molecule has 2 saturated carbocycles. The first-order valence-electron chi connectivity index (χ1n) is 6.58. The lowest BCUT2D eigenvalue weighted by Crippen LogP contribution is -2.37. The zero-order valence-electron chi connectivity index (χ0n) is 9.77. The lowest BCUT2D eigenvalue weighted by atomic mass is 9.75. The van der Waals surface area contributed by atoms with Gasteiger partial charge in [-0.15, -0.1) is 0 Å². The maximum absolute atomic E-state index is 12.2. The Labute approximate surface area is 96.9 Å². The van der Waals surface area contributed by atoms with Crippen LogP contribution in [0, 0.1) is 11.8 Å². The van der Waals surface area contributed by atoms with Crippen LogP contribution in [0.25, 0.3) is 0 Å². The SMILES string of the molecule is O=C(C1CCC(O)CC1)C1CCCCC1O. The van der Waals surface area contributed by atoms with Crippen molar-refractivity contribution in [3.8, 4) is 0 Å². The van der Waals surface area contributed by atoms with E-state index in [1.807, 2.05) is 0 Å². The Morgan fingerprint density at radius 2 is 1.50 bits per heavy atom. The number of hydrogen-bond donors (Lipinski definition) is 2. The van der Waals surface area contributed by atoms with Gasteiger partial charge in [0.25, 0.3) is 0 Å². The van der Waals surface area contributed by atoms with Gasteiger partial charge in [0.2, 0.25) is 0 Å². The second-order valence-electron chi connectivity index (χ2n) is 5.37. The Kier molecular flexibility index (Phi) is 3.98. The molecule has 92 valence electrons.